The van der Waals surface area contributed by atoms with Gasteiger partial charge in [0.2, 0.25) is 0 Å². The molecule has 2 amide bonds. The molecule has 0 bridgehead atoms. The van der Waals surface area contributed by atoms with Gasteiger partial charge < -0.3 is 21.4 Å². The first-order chi connectivity index (χ1) is 11.1. The Hall–Kier alpha value is -3.42. The van der Waals surface area contributed by atoms with Gasteiger partial charge in [-0.15, -0.1) is 0 Å². The zero-order chi connectivity index (χ0) is 16.4. The number of benzene rings is 1. The molecule has 0 saturated heterocycles. The number of amides is 2. The summed E-state index contributed by atoms with van der Waals surface area (Å²) < 4.78 is 0. The number of rotatable bonds is 4. The summed E-state index contributed by atoms with van der Waals surface area (Å²) >= 11 is 0. The van der Waals surface area contributed by atoms with E-state index in [1.165, 1.54) is 6.33 Å². The maximum atomic E-state index is 12.1. The van der Waals surface area contributed by atoms with Crippen LogP contribution in [0.3, 0.4) is 0 Å². The first-order valence-electron chi connectivity index (χ1n) is 6.82. The third-order valence-electron chi connectivity index (χ3n) is 3.32. The number of aromatic amines is 1. The third-order valence-corrected chi connectivity index (χ3v) is 3.32. The average molecular weight is 310 g/mol. The SMILES string of the molecule is CNC(=O)c1cc(Nc2nc[nH]c2C(N)=O)nc2ccccc12. The molecule has 8 nitrogen and oxygen atoms in total. The van der Waals surface area contributed by atoms with Gasteiger partial charge in [0.25, 0.3) is 11.8 Å². The minimum atomic E-state index is -0.641. The zero-order valence-corrected chi connectivity index (χ0v) is 12.3. The predicted octanol–water partition coefficient (Wildman–Crippen LogP) is 1.16. The molecule has 3 aromatic rings. The number of aromatic nitrogens is 3. The molecule has 0 radical (unpaired) electrons. The Balaban J connectivity index is 2.09. The highest BCUT2D eigenvalue weighted by Crippen LogP contribution is 2.23. The van der Waals surface area contributed by atoms with Crippen LogP contribution in [-0.4, -0.2) is 33.8 Å². The van der Waals surface area contributed by atoms with Crippen molar-refractivity contribution in [3.63, 3.8) is 0 Å². The van der Waals surface area contributed by atoms with Crippen LogP contribution < -0.4 is 16.4 Å². The Morgan fingerprint density at radius 3 is 2.78 bits per heavy atom. The van der Waals surface area contributed by atoms with Crippen LogP contribution in [0.25, 0.3) is 10.9 Å². The highest BCUT2D eigenvalue weighted by molar-refractivity contribution is 6.07. The average Bonchev–Trinajstić information content (AvgIpc) is 3.01. The summed E-state index contributed by atoms with van der Waals surface area (Å²) in [6.07, 6.45) is 1.35. The van der Waals surface area contributed by atoms with Gasteiger partial charge in [-0.3, -0.25) is 9.59 Å². The van der Waals surface area contributed by atoms with E-state index in [1.807, 2.05) is 18.2 Å². The zero-order valence-electron chi connectivity index (χ0n) is 12.3. The molecule has 8 heteroatoms. The molecule has 0 aliphatic rings. The van der Waals surface area contributed by atoms with E-state index in [0.717, 1.165) is 5.39 Å². The van der Waals surface area contributed by atoms with Gasteiger partial charge in [-0.2, -0.15) is 0 Å². The number of primary amides is 1. The van der Waals surface area contributed by atoms with Crippen molar-refractivity contribution in [2.24, 2.45) is 5.73 Å². The molecule has 0 saturated carbocycles. The minimum Gasteiger partial charge on any atom is -0.364 e. The summed E-state index contributed by atoms with van der Waals surface area (Å²) in [6.45, 7) is 0. The van der Waals surface area contributed by atoms with Gasteiger partial charge >= 0.3 is 0 Å². The number of nitrogens with two attached hydrogens (primary N) is 1. The number of nitrogens with one attached hydrogen (secondary N) is 3. The third kappa shape index (κ3) is 2.69. The van der Waals surface area contributed by atoms with Crippen molar-refractivity contribution in [3.05, 3.63) is 47.9 Å². The second kappa shape index (κ2) is 5.76. The first kappa shape index (κ1) is 14.5. The highest BCUT2D eigenvalue weighted by atomic mass is 16.2. The molecule has 0 aliphatic carbocycles. The number of para-hydroxylation sites is 1. The number of fused-ring (bicyclic) bond motifs is 1. The largest absolute Gasteiger partial charge is 0.364 e. The van der Waals surface area contributed by atoms with Gasteiger partial charge in [-0.1, -0.05) is 18.2 Å². The molecular formula is C15H14N6O2. The fourth-order valence-corrected chi connectivity index (χ4v) is 2.26. The fourth-order valence-electron chi connectivity index (χ4n) is 2.26. The second-order valence-electron chi connectivity index (χ2n) is 4.77. The first-order valence-corrected chi connectivity index (χ1v) is 6.82. The van der Waals surface area contributed by atoms with Gasteiger partial charge in [0.1, 0.15) is 11.5 Å². The molecular weight excluding hydrogens is 296 g/mol. The van der Waals surface area contributed by atoms with Gasteiger partial charge in [0, 0.05) is 12.4 Å². The Kier molecular flexibility index (Phi) is 3.63. The summed E-state index contributed by atoms with van der Waals surface area (Å²) in [7, 11) is 1.56. The van der Waals surface area contributed by atoms with Crippen molar-refractivity contribution in [3.8, 4) is 0 Å². The van der Waals surface area contributed by atoms with Gasteiger partial charge in [0.15, 0.2) is 5.82 Å². The van der Waals surface area contributed by atoms with Crippen molar-refractivity contribution in [1.29, 1.82) is 0 Å². The van der Waals surface area contributed by atoms with E-state index >= 15 is 0 Å². The Labute approximate surface area is 131 Å². The number of H-pyrrole nitrogens is 1. The molecule has 2 heterocycles. The lowest BCUT2D eigenvalue weighted by Gasteiger charge is -2.09. The summed E-state index contributed by atoms with van der Waals surface area (Å²) in [5.74, 6) is -0.235. The van der Waals surface area contributed by atoms with E-state index in [9.17, 15) is 9.59 Å². The maximum Gasteiger partial charge on any atom is 0.269 e. The quantitative estimate of drug-likeness (QED) is 0.575. The predicted molar refractivity (Wildman–Crippen MR) is 85.5 cm³/mol. The van der Waals surface area contributed by atoms with Crippen LogP contribution in [0.1, 0.15) is 20.8 Å². The smallest absolute Gasteiger partial charge is 0.269 e. The monoisotopic (exact) mass is 310 g/mol. The van der Waals surface area contributed by atoms with Gasteiger partial charge in [-0.05, 0) is 12.1 Å². The summed E-state index contributed by atoms with van der Waals surface area (Å²) in [5, 5.41) is 6.24. The molecule has 0 aliphatic heterocycles. The number of nitrogens with zero attached hydrogens (tertiary/aromatic N) is 2. The van der Waals surface area contributed by atoms with Crippen molar-refractivity contribution in [1.82, 2.24) is 20.3 Å². The van der Waals surface area contributed by atoms with Gasteiger partial charge in [-0.25, -0.2) is 9.97 Å². The maximum absolute atomic E-state index is 12.1. The number of pyridine rings is 1. The van der Waals surface area contributed by atoms with E-state index in [2.05, 4.69) is 25.6 Å². The minimum absolute atomic E-state index is 0.140. The standard InChI is InChI=1S/C15H14N6O2/c1-17-15(23)9-6-11(20-10-5-3-2-4-8(9)10)21-14-12(13(16)22)18-7-19-14/h2-7H,1H3,(H2,16,22)(H,17,23)(H,18,19)(H,20,21). The number of imidazole rings is 1. The molecule has 116 valence electrons. The Morgan fingerprint density at radius 1 is 1.26 bits per heavy atom. The van der Waals surface area contributed by atoms with Crippen LogP contribution in [0, 0.1) is 0 Å². The molecule has 0 fully saturated rings. The molecule has 3 rings (SSSR count). The molecule has 0 unspecified atom stereocenters. The van der Waals surface area contributed by atoms with E-state index in [-0.39, 0.29) is 17.4 Å². The lowest BCUT2D eigenvalue weighted by atomic mass is 10.1. The lowest BCUT2D eigenvalue weighted by molar-refractivity contribution is 0.0962. The normalized spacial score (nSPS) is 10.5. The molecule has 0 spiro atoms. The van der Waals surface area contributed by atoms with E-state index in [0.29, 0.717) is 16.9 Å². The molecule has 0 atom stereocenters. The molecule has 1 aromatic carbocycles. The van der Waals surface area contributed by atoms with Crippen LogP contribution in [0.15, 0.2) is 36.7 Å². The number of carbonyl (C=O) groups excluding carboxylic acids is 2. The van der Waals surface area contributed by atoms with Crippen LogP contribution >= 0.6 is 0 Å². The molecule has 2 aromatic heterocycles. The van der Waals surface area contributed by atoms with E-state index < -0.39 is 5.91 Å². The van der Waals surface area contributed by atoms with Crippen molar-refractivity contribution < 1.29 is 9.59 Å². The number of hydrogen-bond donors (Lipinski definition) is 4. The summed E-state index contributed by atoms with van der Waals surface area (Å²) in [6, 6.07) is 8.88. The van der Waals surface area contributed by atoms with Crippen molar-refractivity contribution in [2.45, 2.75) is 0 Å². The number of anilines is 2. The van der Waals surface area contributed by atoms with Crippen LogP contribution in [-0.2, 0) is 0 Å². The fraction of sp³-hybridized carbons (Fsp3) is 0.0667. The van der Waals surface area contributed by atoms with E-state index in [1.54, 1.807) is 19.2 Å². The highest BCUT2D eigenvalue weighted by Gasteiger charge is 2.15. The van der Waals surface area contributed by atoms with Gasteiger partial charge in [0.05, 0.1) is 17.4 Å². The van der Waals surface area contributed by atoms with Crippen LogP contribution in [0.5, 0.6) is 0 Å². The summed E-state index contributed by atoms with van der Waals surface area (Å²) in [5.41, 5.74) is 6.52. The second-order valence-corrected chi connectivity index (χ2v) is 4.77. The number of carbonyl (C=O) groups is 2. The van der Waals surface area contributed by atoms with E-state index in [4.69, 9.17) is 5.73 Å². The molecule has 23 heavy (non-hydrogen) atoms. The summed E-state index contributed by atoms with van der Waals surface area (Å²) in [4.78, 5) is 34.5. The number of hydrogen-bond acceptors (Lipinski definition) is 5. The van der Waals surface area contributed by atoms with Crippen LogP contribution in [0.4, 0.5) is 11.6 Å². The van der Waals surface area contributed by atoms with Crippen LogP contribution in [0.2, 0.25) is 0 Å². The Morgan fingerprint density at radius 2 is 2.04 bits per heavy atom. The molecule has 5 N–H and O–H groups in total. The Bertz CT molecular complexity index is 902. The topological polar surface area (TPSA) is 126 Å². The van der Waals surface area contributed by atoms with Crippen molar-refractivity contribution in [2.75, 3.05) is 12.4 Å². The van der Waals surface area contributed by atoms with Crippen molar-refractivity contribution >= 4 is 34.4 Å². The lowest BCUT2D eigenvalue weighted by Crippen LogP contribution is -2.19.